The smallest absolute Gasteiger partial charge is 0.328 e. The minimum Gasteiger partial charge on any atom is -0.599 e. The first kappa shape index (κ1) is 49.0. The minimum atomic E-state index is -1.39. The van der Waals surface area contributed by atoms with Gasteiger partial charge in [0, 0.05) is 32.5 Å². The minimum absolute atomic E-state index is 0.0000841. The summed E-state index contributed by atoms with van der Waals surface area (Å²) in [6.45, 7) is 1.43. The van der Waals surface area contributed by atoms with E-state index in [0.29, 0.717) is 6.42 Å². The van der Waals surface area contributed by atoms with Crippen LogP contribution in [0.15, 0.2) is 70.7 Å². The van der Waals surface area contributed by atoms with Crippen molar-refractivity contribution in [3.05, 3.63) is 71.8 Å². The molecular formula is C45H58N9O11-. The zero-order chi connectivity index (χ0) is 47.0. The first-order valence-corrected chi connectivity index (χ1v) is 21.7. The van der Waals surface area contributed by atoms with Gasteiger partial charge < -0.3 is 57.3 Å². The first-order valence-electron chi connectivity index (χ1n) is 21.7. The Kier molecular flexibility index (Phi) is 17.8. The summed E-state index contributed by atoms with van der Waals surface area (Å²) in [6.07, 6.45) is 3.02. The topological polar surface area (TPSA) is 309 Å². The van der Waals surface area contributed by atoms with Crippen molar-refractivity contribution in [1.82, 2.24) is 26.2 Å². The lowest BCUT2D eigenvalue weighted by Crippen LogP contribution is -2.57. The molecule has 6 atom stereocenters. The lowest BCUT2D eigenvalue weighted by molar-refractivity contribution is -0.251. The number of aliphatic imine (C=N–C) groups is 2. The van der Waals surface area contributed by atoms with E-state index in [-0.39, 0.29) is 89.4 Å². The number of hydrogen-bond acceptors (Lipinski definition) is 12. The van der Waals surface area contributed by atoms with Crippen LogP contribution in [0.2, 0.25) is 0 Å². The second kappa shape index (κ2) is 23.6. The molecule has 2 fully saturated rings. The van der Waals surface area contributed by atoms with Gasteiger partial charge >= 0.3 is 11.9 Å². The van der Waals surface area contributed by atoms with Gasteiger partial charge in [0.1, 0.15) is 42.3 Å². The summed E-state index contributed by atoms with van der Waals surface area (Å²) in [5.74, 6) is -5.89. The van der Waals surface area contributed by atoms with Gasteiger partial charge in [-0.15, -0.1) is 0 Å². The Labute approximate surface area is 376 Å². The molecule has 1 unspecified atom stereocenters. The quantitative estimate of drug-likeness (QED) is 0.0435. The van der Waals surface area contributed by atoms with Gasteiger partial charge in [-0.25, -0.2) is 9.59 Å². The number of aliphatic carboxylic acids is 1. The largest absolute Gasteiger partial charge is 0.599 e. The van der Waals surface area contributed by atoms with Gasteiger partial charge in [0.2, 0.25) is 29.5 Å². The van der Waals surface area contributed by atoms with Crippen molar-refractivity contribution in [2.45, 2.75) is 113 Å². The van der Waals surface area contributed by atoms with Gasteiger partial charge in [-0.3, -0.25) is 34.0 Å². The van der Waals surface area contributed by atoms with Crippen LogP contribution in [0.4, 0.5) is 0 Å². The zero-order valence-corrected chi connectivity index (χ0v) is 36.5. The molecule has 0 bridgehead atoms. The second-order valence-corrected chi connectivity index (χ2v) is 16.1. The number of fused-ring (bicyclic) bond motifs is 4. The normalized spacial score (nSPS) is 22.6. The molecule has 1 aliphatic carbocycles. The van der Waals surface area contributed by atoms with Crippen LogP contribution in [0.3, 0.4) is 0 Å². The van der Waals surface area contributed by atoms with Crippen molar-refractivity contribution in [1.29, 1.82) is 0 Å². The maximum absolute atomic E-state index is 14.4. The number of nitrogens with one attached hydrogen (secondary N) is 4. The number of hydrogen-bond donors (Lipinski definition) is 7. The van der Waals surface area contributed by atoms with Crippen molar-refractivity contribution in [3.63, 3.8) is 0 Å². The molecule has 2 saturated heterocycles. The van der Waals surface area contributed by atoms with Crippen molar-refractivity contribution >= 4 is 53.5 Å². The number of carbonyl (C=O) groups excluding carboxylic acids is 6. The van der Waals surface area contributed by atoms with Crippen LogP contribution in [0.25, 0.3) is 11.1 Å². The summed E-state index contributed by atoms with van der Waals surface area (Å²) >= 11 is 0. The third kappa shape index (κ3) is 13.5. The third-order valence-electron chi connectivity index (χ3n) is 11.5. The fraction of sp³-hybridized carbons (Fsp3) is 0.489. The summed E-state index contributed by atoms with van der Waals surface area (Å²) in [7, 11) is 1.17. The molecule has 2 aromatic rings. The van der Waals surface area contributed by atoms with Crippen LogP contribution in [-0.2, 0) is 43.0 Å². The van der Waals surface area contributed by atoms with Gasteiger partial charge in [0.25, 0.3) is 0 Å². The van der Waals surface area contributed by atoms with E-state index in [1.165, 1.54) is 31.1 Å². The van der Waals surface area contributed by atoms with E-state index in [2.05, 4.69) is 31.3 Å². The number of carboxylic acids is 1. The predicted molar refractivity (Wildman–Crippen MR) is 235 cm³/mol. The highest BCUT2D eigenvalue weighted by Gasteiger charge is 2.39. The van der Waals surface area contributed by atoms with E-state index < -0.39 is 83.8 Å². The summed E-state index contributed by atoms with van der Waals surface area (Å²) in [4.78, 5) is 102. The number of guanidine groups is 1. The molecular weight excluding hydrogens is 843 g/mol. The fourth-order valence-electron chi connectivity index (χ4n) is 8.32. The molecule has 5 amide bonds. The molecule has 0 saturated carbocycles. The average Bonchev–Trinajstić information content (AvgIpc) is 3.90. The van der Waals surface area contributed by atoms with E-state index >= 15 is 0 Å². The van der Waals surface area contributed by atoms with Crippen molar-refractivity contribution in [2.24, 2.45) is 21.5 Å². The first-order chi connectivity index (χ1) is 31.2. The molecule has 3 aliphatic rings. The molecule has 350 valence electrons. The number of carbonyl (C=O) groups is 7. The van der Waals surface area contributed by atoms with E-state index in [9.17, 15) is 43.8 Å². The Morgan fingerprint density at radius 3 is 2.20 bits per heavy atom. The lowest BCUT2D eigenvalue weighted by Gasteiger charge is -2.29. The number of carboxylic acid groups (broad SMARTS) is 1. The van der Waals surface area contributed by atoms with Crippen LogP contribution in [0.5, 0.6) is 0 Å². The highest BCUT2D eigenvalue weighted by atomic mass is 16.6. The molecule has 2 heterocycles. The maximum atomic E-state index is 14.4. The Morgan fingerprint density at radius 1 is 0.908 bits per heavy atom. The number of methoxy groups -OCH3 is 1. The van der Waals surface area contributed by atoms with Gasteiger partial charge in [0.05, 0.1) is 7.11 Å². The summed E-state index contributed by atoms with van der Waals surface area (Å²) in [6, 6.07) is 8.21. The Morgan fingerprint density at radius 2 is 1.55 bits per heavy atom. The molecule has 9 N–H and O–H groups in total. The van der Waals surface area contributed by atoms with Crippen LogP contribution >= 0.6 is 0 Å². The Bertz CT molecular complexity index is 2110. The van der Waals surface area contributed by atoms with E-state index in [4.69, 9.17) is 20.9 Å². The molecule has 5 rings (SSSR count). The molecule has 0 spiro atoms. The van der Waals surface area contributed by atoms with E-state index in [0.717, 1.165) is 22.3 Å². The van der Waals surface area contributed by atoms with Crippen LogP contribution in [-0.4, -0.2) is 127 Å². The second-order valence-electron chi connectivity index (χ2n) is 16.1. The van der Waals surface area contributed by atoms with Crippen molar-refractivity contribution in [3.8, 4) is 11.1 Å². The van der Waals surface area contributed by atoms with Gasteiger partial charge in [-0.2, -0.15) is 0 Å². The zero-order valence-electron chi connectivity index (χ0n) is 36.5. The summed E-state index contributed by atoms with van der Waals surface area (Å²) in [5.41, 5.74) is 14.9. The van der Waals surface area contributed by atoms with Gasteiger partial charge in [-0.05, 0) is 73.6 Å². The number of rotatable bonds is 14. The Hall–Kier alpha value is -6.99. The number of nitrogens with zero attached hydrogens (tertiary/aromatic N) is 3. The molecule has 20 heteroatoms. The molecule has 2 aliphatic heterocycles. The molecule has 65 heavy (non-hydrogen) atoms. The number of nitrogens with two attached hydrogens (primary N) is 2. The van der Waals surface area contributed by atoms with Crippen LogP contribution in [0, 0.1) is 0 Å². The van der Waals surface area contributed by atoms with Gasteiger partial charge in [-0.1, -0.05) is 73.5 Å². The monoisotopic (exact) mass is 900 g/mol. The standard InChI is InChI=1S/C45H59N9O11/c1-26(55)49-36(43(62)64-2)20-10-7-17-32-38(56)50-33(21-11-23-48-44(46)47)39(57)52-35(42(60)61)19-9-8-18-34(41(59)54-24-12-22-37(54)40(58)51-32)53-45(63)65-25-31-29-15-5-3-13-27(29)28-14-4-6-16-30(28)31/h3-7,10,13-16,31-37H,8-9,11-12,17-25H2,1-2H3,(H,49,55)(H,50,56)(H,51,58)(H,52,57)(H,53,63)(H,60,61)(H4,46,47,48)/p-1/b10-7+/t32-,33-,34-,35-,36-,37?/m0/s1. The predicted octanol–water partition coefficient (Wildman–Crippen LogP) is 0.0721. The maximum Gasteiger partial charge on any atom is 0.328 e. The molecule has 0 radical (unpaired) electrons. The highest BCUT2D eigenvalue weighted by Crippen LogP contribution is 2.44. The lowest BCUT2D eigenvalue weighted by atomic mass is 9.98. The average molecular weight is 901 g/mol. The molecule has 0 aromatic heterocycles. The SMILES string of the molecule is COC(=O)[C@H](C/C=C/C[C@@H]1NC(=O)C2CCCN2C(=O)[C@@H](N=C([O-])OCC2c3ccccc3-c3ccccc32)CCCC[C@@H](C(=O)O)NC(=O)[C@H](CCCN=C(N)N)NC1=O)NC(C)=O. The third-order valence-corrected chi connectivity index (χ3v) is 11.5. The highest BCUT2D eigenvalue weighted by molar-refractivity contribution is 5.96. The number of esters is 1. The number of ether oxygens (including phenoxy) is 2. The van der Waals surface area contributed by atoms with Crippen LogP contribution in [0.1, 0.15) is 88.2 Å². The van der Waals surface area contributed by atoms with Crippen molar-refractivity contribution < 1.29 is 53.2 Å². The molecule has 2 aromatic carbocycles. The fourth-order valence-corrected chi connectivity index (χ4v) is 8.32. The van der Waals surface area contributed by atoms with E-state index in [1.54, 1.807) is 0 Å². The Balaban J connectivity index is 1.42. The number of amides is 5. The molecule has 20 nitrogen and oxygen atoms in total. The van der Waals surface area contributed by atoms with E-state index in [1.807, 2.05) is 48.5 Å². The summed E-state index contributed by atoms with van der Waals surface area (Å²) < 4.78 is 10.5. The summed E-state index contributed by atoms with van der Waals surface area (Å²) in [5, 5.41) is 34.0. The van der Waals surface area contributed by atoms with Crippen molar-refractivity contribution in [2.75, 3.05) is 26.8 Å². The van der Waals surface area contributed by atoms with Crippen LogP contribution < -0.4 is 37.8 Å². The van der Waals surface area contributed by atoms with Gasteiger partial charge in [0.15, 0.2) is 5.96 Å². The number of benzene rings is 2.